The quantitative estimate of drug-likeness (QED) is 0.465. The van der Waals surface area contributed by atoms with E-state index in [1.54, 1.807) is 6.07 Å². The third-order valence-electron chi connectivity index (χ3n) is 4.06. The number of carbonyl (C=O) groups is 2. The average molecular weight is 430 g/mol. The summed E-state index contributed by atoms with van der Waals surface area (Å²) in [5.74, 6) is -0.791. The van der Waals surface area contributed by atoms with Crippen molar-refractivity contribution in [1.29, 1.82) is 0 Å². The smallest absolute Gasteiger partial charge is 0.426 e. The van der Waals surface area contributed by atoms with Crippen molar-refractivity contribution < 1.29 is 24.5 Å². The maximum absolute atomic E-state index is 12.5. The highest BCUT2D eigenvalue weighted by Crippen LogP contribution is 2.31. The van der Waals surface area contributed by atoms with Crippen molar-refractivity contribution in [2.24, 2.45) is 11.1 Å². The van der Waals surface area contributed by atoms with Gasteiger partial charge >= 0.3 is 7.12 Å². The Morgan fingerprint density at radius 2 is 2.04 bits per heavy atom. The van der Waals surface area contributed by atoms with E-state index in [0.29, 0.717) is 17.2 Å². The van der Waals surface area contributed by atoms with Gasteiger partial charge in [0.2, 0.25) is 5.60 Å². The third kappa shape index (κ3) is 5.84. The van der Waals surface area contributed by atoms with E-state index in [1.165, 1.54) is 12.1 Å². The van der Waals surface area contributed by atoms with Crippen molar-refractivity contribution in [2.75, 3.05) is 13.0 Å². The van der Waals surface area contributed by atoms with Crippen LogP contribution < -0.4 is 10.6 Å². The molecule has 11 heteroatoms. The number of benzene rings is 1. The van der Waals surface area contributed by atoms with Gasteiger partial charge in [-0.15, -0.1) is 0 Å². The van der Waals surface area contributed by atoms with Gasteiger partial charge in [-0.2, -0.15) is 0 Å². The number of halogens is 2. The fourth-order valence-corrected chi connectivity index (χ4v) is 3.29. The van der Waals surface area contributed by atoms with Crippen LogP contribution in [0.2, 0.25) is 10.0 Å². The Morgan fingerprint density at radius 3 is 2.68 bits per heavy atom. The predicted octanol–water partition coefficient (Wildman–Crippen LogP) is 1.41. The van der Waals surface area contributed by atoms with E-state index in [-0.39, 0.29) is 35.9 Å². The van der Waals surface area contributed by atoms with E-state index in [2.05, 4.69) is 15.8 Å². The fraction of sp³-hybridized carbons (Fsp3) is 0.471. The van der Waals surface area contributed by atoms with Gasteiger partial charge in [0.05, 0.1) is 29.3 Å². The highest BCUT2D eigenvalue weighted by molar-refractivity contribution is 6.41. The zero-order chi connectivity index (χ0) is 20.9. The summed E-state index contributed by atoms with van der Waals surface area (Å²) in [7, 11) is -1.66. The Labute approximate surface area is 173 Å². The highest BCUT2D eigenvalue weighted by atomic mass is 35.5. The average Bonchev–Trinajstić information content (AvgIpc) is 3.03. The normalized spacial score (nSPS) is 18.5. The molecular weight excluding hydrogens is 408 g/mol. The molecule has 1 aliphatic heterocycles. The zero-order valence-electron chi connectivity index (χ0n) is 15.5. The Kier molecular flexibility index (Phi) is 7.71. The second kappa shape index (κ2) is 9.60. The van der Waals surface area contributed by atoms with Gasteiger partial charge in [-0.3, -0.25) is 9.59 Å². The Bertz CT molecular complexity index is 775. The van der Waals surface area contributed by atoms with Crippen LogP contribution in [0.3, 0.4) is 0 Å². The van der Waals surface area contributed by atoms with Crippen LogP contribution in [-0.2, 0) is 9.63 Å². The molecule has 4 N–H and O–H groups in total. The van der Waals surface area contributed by atoms with E-state index in [0.717, 1.165) is 0 Å². The van der Waals surface area contributed by atoms with Gasteiger partial charge in [0.25, 0.3) is 11.8 Å². The number of oxime groups is 1. The fourth-order valence-electron chi connectivity index (χ4n) is 2.92. The molecule has 0 spiro atoms. The number of carbonyl (C=O) groups excluding carboxylic acids is 2. The molecule has 1 aromatic carbocycles. The lowest BCUT2D eigenvalue weighted by atomic mass is 9.85. The van der Waals surface area contributed by atoms with E-state index in [9.17, 15) is 9.59 Å². The maximum atomic E-state index is 12.5. The van der Waals surface area contributed by atoms with Gasteiger partial charge in [0.15, 0.2) is 0 Å². The highest BCUT2D eigenvalue weighted by Gasteiger charge is 2.46. The summed E-state index contributed by atoms with van der Waals surface area (Å²) >= 11 is 11.9. The van der Waals surface area contributed by atoms with Gasteiger partial charge in [0, 0.05) is 17.9 Å². The standard InChI is InChI=1S/C17H22BCl2N3O5/c1-10(2)6-17(16(25)22-9-18(26)27)7-12(23-28-17)8-21-15(24)13-5-11(19)3-4-14(13)20/h3-5,10,26-27H,6-9H2,1-2H3,(H,21,24)(H,22,25). The molecule has 0 saturated carbocycles. The second-order valence-corrected chi connectivity index (χ2v) is 7.86. The molecule has 8 nitrogen and oxygen atoms in total. The van der Waals surface area contributed by atoms with Gasteiger partial charge < -0.3 is 25.5 Å². The lowest BCUT2D eigenvalue weighted by molar-refractivity contribution is -0.145. The SMILES string of the molecule is CC(C)CC1(C(=O)NCB(O)O)CC(CNC(=O)c2cc(Cl)ccc2Cl)=NO1. The number of nitrogens with zero attached hydrogens (tertiary/aromatic N) is 1. The summed E-state index contributed by atoms with van der Waals surface area (Å²) in [5, 5.41) is 27.6. The van der Waals surface area contributed by atoms with Crippen LogP contribution >= 0.6 is 23.2 Å². The Hall–Kier alpha value is -1.81. The van der Waals surface area contributed by atoms with Crippen LogP contribution in [0.5, 0.6) is 0 Å². The summed E-state index contributed by atoms with van der Waals surface area (Å²) < 4.78 is 0. The minimum Gasteiger partial charge on any atom is -0.426 e. The second-order valence-electron chi connectivity index (χ2n) is 7.02. The molecule has 0 aliphatic carbocycles. The van der Waals surface area contributed by atoms with E-state index >= 15 is 0 Å². The molecule has 1 heterocycles. The first-order valence-electron chi connectivity index (χ1n) is 8.74. The van der Waals surface area contributed by atoms with Crippen molar-refractivity contribution >= 4 is 47.8 Å². The van der Waals surface area contributed by atoms with Crippen LogP contribution in [0, 0.1) is 5.92 Å². The predicted molar refractivity (Wildman–Crippen MR) is 107 cm³/mol. The molecule has 0 fully saturated rings. The van der Waals surface area contributed by atoms with Crippen molar-refractivity contribution in [3.05, 3.63) is 33.8 Å². The topological polar surface area (TPSA) is 120 Å². The number of rotatable bonds is 8. The lowest BCUT2D eigenvalue weighted by Crippen LogP contribution is -2.50. The van der Waals surface area contributed by atoms with Crippen molar-refractivity contribution in [1.82, 2.24) is 10.6 Å². The van der Waals surface area contributed by atoms with Crippen LogP contribution in [0.4, 0.5) is 0 Å². The van der Waals surface area contributed by atoms with Crippen LogP contribution in [0.1, 0.15) is 37.0 Å². The lowest BCUT2D eigenvalue weighted by Gasteiger charge is -2.27. The summed E-state index contributed by atoms with van der Waals surface area (Å²) in [5.41, 5.74) is -0.541. The van der Waals surface area contributed by atoms with E-state index in [4.69, 9.17) is 38.1 Å². The van der Waals surface area contributed by atoms with Crippen LogP contribution in [0.25, 0.3) is 0 Å². The van der Waals surface area contributed by atoms with E-state index in [1.807, 2.05) is 13.8 Å². The first-order valence-corrected chi connectivity index (χ1v) is 9.50. The number of hydrogen-bond donors (Lipinski definition) is 4. The van der Waals surface area contributed by atoms with Crippen molar-refractivity contribution in [3.63, 3.8) is 0 Å². The summed E-state index contributed by atoms with van der Waals surface area (Å²) in [4.78, 5) is 30.3. The first-order chi connectivity index (χ1) is 13.1. The van der Waals surface area contributed by atoms with Gasteiger partial charge in [0.1, 0.15) is 0 Å². The number of amides is 2. The molecular formula is C17H22BCl2N3O5. The third-order valence-corrected chi connectivity index (χ3v) is 4.63. The van der Waals surface area contributed by atoms with Gasteiger partial charge in [-0.25, -0.2) is 0 Å². The minimum atomic E-state index is -1.66. The molecule has 0 aromatic heterocycles. The summed E-state index contributed by atoms with van der Waals surface area (Å²) in [6.07, 6.45) is 0.227. The maximum Gasteiger partial charge on any atom is 0.472 e. The monoisotopic (exact) mass is 429 g/mol. The van der Waals surface area contributed by atoms with Gasteiger partial charge in [-0.1, -0.05) is 42.2 Å². The van der Waals surface area contributed by atoms with Gasteiger partial charge in [-0.05, 0) is 24.1 Å². The van der Waals surface area contributed by atoms with E-state index < -0.39 is 24.5 Å². The number of nitrogens with one attached hydrogen (secondary N) is 2. The van der Waals surface area contributed by atoms with Crippen molar-refractivity contribution in [2.45, 2.75) is 32.3 Å². The zero-order valence-corrected chi connectivity index (χ0v) is 17.0. The molecule has 0 bridgehead atoms. The Morgan fingerprint density at radius 1 is 1.32 bits per heavy atom. The van der Waals surface area contributed by atoms with Crippen LogP contribution in [-0.4, -0.2) is 53.3 Å². The first kappa shape index (κ1) is 22.5. The van der Waals surface area contributed by atoms with Crippen molar-refractivity contribution in [3.8, 4) is 0 Å². The minimum absolute atomic E-state index is 0.0669. The summed E-state index contributed by atoms with van der Waals surface area (Å²) in [6, 6.07) is 4.57. The molecule has 1 aliphatic rings. The largest absolute Gasteiger partial charge is 0.472 e. The molecule has 28 heavy (non-hydrogen) atoms. The molecule has 1 atom stereocenters. The molecule has 0 radical (unpaired) electrons. The Balaban J connectivity index is 2.01. The molecule has 1 unspecified atom stereocenters. The molecule has 2 amide bonds. The molecule has 2 rings (SSSR count). The number of hydrogen-bond acceptors (Lipinski definition) is 6. The van der Waals surface area contributed by atoms with Crippen LogP contribution in [0.15, 0.2) is 23.4 Å². The summed E-state index contributed by atoms with van der Waals surface area (Å²) in [6.45, 7) is 3.93. The molecule has 0 saturated heterocycles. The molecule has 152 valence electrons. The molecule has 1 aromatic rings.